The Morgan fingerprint density at radius 1 is 1.24 bits per heavy atom. The highest BCUT2D eigenvalue weighted by Gasteiger charge is 2.43. The van der Waals surface area contributed by atoms with Gasteiger partial charge in [-0.25, -0.2) is 8.42 Å². The number of rotatable bonds is 6. The molecule has 142 valence electrons. The van der Waals surface area contributed by atoms with Crippen molar-refractivity contribution in [3.63, 3.8) is 0 Å². The Kier molecular flexibility index (Phi) is 5.78. The van der Waals surface area contributed by atoms with Gasteiger partial charge in [0.05, 0.1) is 24.0 Å². The van der Waals surface area contributed by atoms with Crippen molar-refractivity contribution in [2.75, 3.05) is 12.4 Å². The molecule has 0 N–H and O–H groups in total. The lowest BCUT2D eigenvalue weighted by molar-refractivity contribution is -0.120. The lowest BCUT2D eigenvalue weighted by Crippen LogP contribution is -2.46. The van der Waals surface area contributed by atoms with Gasteiger partial charge in [-0.1, -0.05) is 25.9 Å². The van der Waals surface area contributed by atoms with E-state index in [9.17, 15) is 13.2 Å². The summed E-state index contributed by atoms with van der Waals surface area (Å²) in [6, 6.07) is 1.73. The third kappa shape index (κ3) is 4.70. The maximum atomic E-state index is 12.8. The minimum Gasteiger partial charge on any atom is -0.377 e. The summed E-state index contributed by atoms with van der Waals surface area (Å²) in [5, 5.41) is 3.92. The Bertz CT molecular complexity index is 706. The van der Waals surface area contributed by atoms with Crippen LogP contribution in [0.1, 0.15) is 65.3 Å². The number of sulfone groups is 1. The van der Waals surface area contributed by atoms with Gasteiger partial charge in [-0.3, -0.25) is 4.79 Å². The first kappa shape index (κ1) is 20.1. The molecule has 1 aromatic heterocycles. The molecule has 2 heterocycles. The van der Waals surface area contributed by atoms with E-state index in [1.165, 1.54) is 13.8 Å². The summed E-state index contributed by atoms with van der Waals surface area (Å²) >= 11 is 0. The van der Waals surface area contributed by atoms with Gasteiger partial charge in [0.2, 0.25) is 0 Å². The minimum absolute atomic E-state index is 0.0582. The number of hydrogen-bond donors (Lipinski definition) is 0. The molecule has 0 radical (unpaired) electrons. The SMILES string of the molecule is CC(C)(C)c1cc(CC(=O)C(C)(C)S(=O)(=O)CC2CCCCO2)no1. The van der Waals surface area contributed by atoms with Gasteiger partial charge in [-0.05, 0) is 33.1 Å². The fourth-order valence-electron chi connectivity index (χ4n) is 2.69. The fraction of sp³-hybridized carbons (Fsp3) is 0.778. The molecule has 1 saturated heterocycles. The van der Waals surface area contributed by atoms with Crippen molar-refractivity contribution in [3.8, 4) is 0 Å². The Labute approximate surface area is 150 Å². The van der Waals surface area contributed by atoms with Gasteiger partial charge in [0, 0.05) is 18.1 Å². The topological polar surface area (TPSA) is 86.5 Å². The summed E-state index contributed by atoms with van der Waals surface area (Å²) in [5.41, 5.74) is 0.251. The molecule has 1 atom stereocenters. The lowest BCUT2D eigenvalue weighted by Gasteiger charge is -2.28. The summed E-state index contributed by atoms with van der Waals surface area (Å²) < 4.78 is 34.9. The summed E-state index contributed by atoms with van der Waals surface area (Å²) in [6.07, 6.45) is 2.27. The fourth-order valence-corrected chi connectivity index (χ4v) is 4.28. The highest BCUT2D eigenvalue weighted by atomic mass is 32.2. The van der Waals surface area contributed by atoms with Gasteiger partial charge < -0.3 is 9.26 Å². The van der Waals surface area contributed by atoms with Crippen LogP contribution in [-0.4, -0.2) is 42.6 Å². The zero-order chi connectivity index (χ0) is 18.9. The molecule has 6 nitrogen and oxygen atoms in total. The number of hydrogen-bond acceptors (Lipinski definition) is 6. The largest absolute Gasteiger partial charge is 0.377 e. The third-order valence-electron chi connectivity index (χ3n) is 4.77. The highest BCUT2D eigenvalue weighted by molar-refractivity contribution is 7.93. The first-order valence-corrected chi connectivity index (χ1v) is 10.4. The molecule has 1 aliphatic heterocycles. The molecular formula is C18H29NO5S. The normalized spacial score (nSPS) is 19.8. The van der Waals surface area contributed by atoms with Crippen molar-refractivity contribution < 1.29 is 22.5 Å². The number of carbonyl (C=O) groups is 1. The number of ketones is 1. The molecule has 2 rings (SSSR count). The first-order chi connectivity index (χ1) is 11.4. The molecule has 1 aromatic rings. The number of aromatic nitrogens is 1. The summed E-state index contributed by atoms with van der Waals surface area (Å²) in [4.78, 5) is 12.7. The smallest absolute Gasteiger partial charge is 0.165 e. The van der Waals surface area contributed by atoms with E-state index in [1.807, 2.05) is 20.8 Å². The van der Waals surface area contributed by atoms with Crippen molar-refractivity contribution in [2.24, 2.45) is 0 Å². The number of ether oxygens (including phenoxy) is 1. The van der Waals surface area contributed by atoms with E-state index in [1.54, 1.807) is 6.07 Å². The molecule has 1 unspecified atom stereocenters. The zero-order valence-corrected chi connectivity index (χ0v) is 16.6. The van der Waals surface area contributed by atoms with Crippen LogP contribution in [0.4, 0.5) is 0 Å². The molecule has 0 saturated carbocycles. The lowest BCUT2D eigenvalue weighted by atomic mass is 9.92. The van der Waals surface area contributed by atoms with E-state index < -0.39 is 14.6 Å². The average molecular weight is 371 g/mol. The van der Waals surface area contributed by atoms with Gasteiger partial charge in [0.15, 0.2) is 15.6 Å². The number of Topliss-reactive ketones (excluding diaryl/α,β-unsaturated/α-hetero) is 1. The van der Waals surface area contributed by atoms with Crippen LogP contribution in [0.2, 0.25) is 0 Å². The number of nitrogens with zero attached hydrogens (tertiary/aromatic N) is 1. The summed E-state index contributed by atoms with van der Waals surface area (Å²) in [5.74, 6) is 0.182. The second kappa shape index (κ2) is 7.19. The Morgan fingerprint density at radius 3 is 2.44 bits per heavy atom. The monoisotopic (exact) mass is 371 g/mol. The van der Waals surface area contributed by atoms with Gasteiger partial charge in [0.1, 0.15) is 10.5 Å². The molecule has 1 fully saturated rings. The Balaban J connectivity index is 2.09. The van der Waals surface area contributed by atoms with Crippen LogP contribution < -0.4 is 0 Å². The van der Waals surface area contributed by atoms with E-state index >= 15 is 0 Å². The highest BCUT2D eigenvalue weighted by Crippen LogP contribution is 2.26. The molecule has 0 spiro atoms. The predicted molar refractivity (Wildman–Crippen MR) is 95.4 cm³/mol. The maximum Gasteiger partial charge on any atom is 0.165 e. The summed E-state index contributed by atoms with van der Waals surface area (Å²) in [7, 11) is -3.63. The Hall–Kier alpha value is -1.21. The average Bonchev–Trinajstić information content (AvgIpc) is 2.96. The van der Waals surface area contributed by atoms with E-state index in [4.69, 9.17) is 9.26 Å². The van der Waals surface area contributed by atoms with Crippen LogP contribution in [0.5, 0.6) is 0 Å². The van der Waals surface area contributed by atoms with Gasteiger partial charge in [0.25, 0.3) is 0 Å². The number of carbonyl (C=O) groups excluding carboxylic acids is 1. The minimum atomic E-state index is -3.63. The van der Waals surface area contributed by atoms with Crippen LogP contribution in [-0.2, 0) is 31.2 Å². The zero-order valence-electron chi connectivity index (χ0n) is 15.8. The summed E-state index contributed by atoms with van der Waals surface area (Å²) in [6.45, 7) is 9.48. The van der Waals surface area contributed by atoms with Crippen molar-refractivity contribution >= 4 is 15.6 Å². The van der Waals surface area contributed by atoms with Crippen molar-refractivity contribution in [1.82, 2.24) is 5.16 Å². The standard InChI is InChI=1S/C18H29NO5S/c1-17(2,3)16-11-13(19-24-16)10-15(20)18(4,5)25(21,22)12-14-8-6-7-9-23-14/h11,14H,6-10,12H2,1-5H3. The second-order valence-corrected chi connectivity index (χ2v) is 10.9. The quantitative estimate of drug-likeness (QED) is 0.764. The molecule has 25 heavy (non-hydrogen) atoms. The van der Waals surface area contributed by atoms with Gasteiger partial charge in [-0.2, -0.15) is 0 Å². The van der Waals surface area contributed by atoms with Crippen LogP contribution in [0.3, 0.4) is 0 Å². The van der Waals surface area contributed by atoms with Crippen LogP contribution in [0, 0.1) is 0 Å². The van der Waals surface area contributed by atoms with E-state index in [0.717, 1.165) is 19.3 Å². The first-order valence-electron chi connectivity index (χ1n) is 8.77. The molecule has 1 aliphatic rings. The molecule has 0 amide bonds. The van der Waals surface area contributed by atoms with E-state index in [0.29, 0.717) is 18.1 Å². The van der Waals surface area contributed by atoms with Crippen molar-refractivity contribution in [1.29, 1.82) is 0 Å². The predicted octanol–water partition coefficient (Wildman–Crippen LogP) is 2.85. The molecule has 0 aliphatic carbocycles. The second-order valence-electron chi connectivity index (χ2n) is 8.31. The molecule has 0 bridgehead atoms. The van der Waals surface area contributed by atoms with E-state index in [-0.39, 0.29) is 29.5 Å². The van der Waals surface area contributed by atoms with Crippen LogP contribution in [0.15, 0.2) is 10.6 Å². The van der Waals surface area contributed by atoms with Crippen molar-refractivity contribution in [2.45, 2.75) is 76.6 Å². The Morgan fingerprint density at radius 2 is 1.92 bits per heavy atom. The third-order valence-corrected chi connectivity index (χ3v) is 7.36. The van der Waals surface area contributed by atoms with Crippen molar-refractivity contribution in [3.05, 3.63) is 17.5 Å². The van der Waals surface area contributed by atoms with Gasteiger partial charge in [-0.15, -0.1) is 0 Å². The maximum absolute atomic E-state index is 12.8. The molecule has 0 aromatic carbocycles. The van der Waals surface area contributed by atoms with Gasteiger partial charge >= 0.3 is 0 Å². The van der Waals surface area contributed by atoms with Crippen LogP contribution >= 0.6 is 0 Å². The van der Waals surface area contributed by atoms with Crippen LogP contribution in [0.25, 0.3) is 0 Å². The molecular weight excluding hydrogens is 342 g/mol. The molecule has 7 heteroatoms. The van der Waals surface area contributed by atoms with E-state index in [2.05, 4.69) is 5.16 Å².